The summed E-state index contributed by atoms with van der Waals surface area (Å²) in [5.41, 5.74) is 1.48. The van der Waals surface area contributed by atoms with Gasteiger partial charge in [-0.2, -0.15) is 13.5 Å². The molecule has 152 valence electrons. The predicted octanol–water partition coefficient (Wildman–Crippen LogP) is 3.95. The number of aromatic nitrogens is 4. The Hall–Kier alpha value is -3.01. The van der Waals surface area contributed by atoms with Crippen molar-refractivity contribution in [2.24, 2.45) is 0 Å². The van der Waals surface area contributed by atoms with Crippen LogP contribution in [-0.4, -0.2) is 45.0 Å². The van der Waals surface area contributed by atoms with Gasteiger partial charge in [-0.15, -0.1) is 5.10 Å². The van der Waals surface area contributed by atoms with Gasteiger partial charge in [0, 0.05) is 0 Å². The molecule has 7 nitrogen and oxygen atoms in total. The van der Waals surface area contributed by atoms with Crippen LogP contribution in [-0.2, 0) is 0 Å². The number of hydrogen-bond acceptors (Lipinski definition) is 7. The Morgan fingerprint density at radius 1 is 1.21 bits per heavy atom. The van der Waals surface area contributed by atoms with Gasteiger partial charge in [0.25, 0.3) is 0 Å². The SMILES string of the molecule is CCOc1ccccc1-n1nnnc1SCC(=O)c1cc(C)ccc1OC(F)F. The molecule has 3 aromatic rings. The number of aryl methyl sites for hydroxylation is 1. The first-order valence-electron chi connectivity index (χ1n) is 8.71. The average molecular weight is 420 g/mol. The van der Waals surface area contributed by atoms with Gasteiger partial charge >= 0.3 is 6.61 Å². The van der Waals surface area contributed by atoms with Crippen molar-refractivity contribution in [3.8, 4) is 17.2 Å². The number of carbonyl (C=O) groups excluding carboxylic acids is 1. The first-order chi connectivity index (χ1) is 14.0. The number of ketones is 1. The van der Waals surface area contributed by atoms with Crippen molar-refractivity contribution < 1.29 is 23.0 Å². The van der Waals surface area contributed by atoms with Gasteiger partial charge < -0.3 is 9.47 Å². The average Bonchev–Trinajstić information content (AvgIpc) is 3.16. The van der Waals surface area contributed by atoms with Gasteiger partial charge in [-0.3, -0.25) is 4.79 Å². The Bertz CT molecular complexity index is 997. The molecule has 0 spiro atoms. The molecular weight excluding hydrogens is 402 g/mol. The quantitative estimate of drug-likeness (QED) is 0.383. The van der Waals surface area contributed by atoms with Crippen LogP contribution in [0.2, 0.25) is 0 Å². The van der Waals surface area contributed by atoms with E-state index < -0.39 is 6.61 Å². The molecule has 10 heteroatoms. The summed E-state index contributed by atoms with van der Waals surface area (Å²) in [5, 5.41) is 12.0. The lowest BCUT2D eigenvalue weighted by molar-refractivity contribution is -0.0501. The number of benzene rings is 2. The van der Waals surface area contributed by atoms with E-state index in [4.69, 9.17) is 4.74 Å². The van der Waals surface area contributed by atoms with Crippen LogP contribution in [0.4, 0.5) is 8.78 Å². The molecule has 0 N–H and O–H groups in total. The maximum absolute atomic E-state index is 12.7. The van der Waals surface area contributed by atoms with Gasteiger partial charge in [-0.1, -0.05) is 35.5 Å². The Labute approximate surface area is 170 Å². The van der Waals surface area contributed by atoms with E-state index in [1.54, 1.807) is 25.1 Å². The maximum atomic E-state index is 12.7. The highest BCUT2D eigenvalue weighted by molar-refractivity contribution is 7.99. The summed E-state index contributed by atoms with van der Waals surface area (Å²) in [4.78, 5) is 12.7. The topological polar surface area (TPSA) is 79.1 Å². The number of carbonyl (C=O) groups is 1. The van der Waals surface area contributed by atoms with Crippen molar-refractivity contribution in [2.45, 2.75) is 25.6 Å². The number of rotatable bonds is 9. The number of hydrogen-bond donors (Lipinski definition) is 0. The number of alkyl halides is 2. The van der Waals surface area contributed by atoms with Crippen LogP contribution in [0.3, 0.4) is 0 Å². The van der Waals surface area contributed by atoms with Gasteiger partial charge in [0.1, 0.15) is 17.2 Å². The van der Waals surface area contributed by atoms with Crippen LogP contribution >= 0.6 is 11.8 Å². The molecule has 0 atom stereocenters. The third kappa shape index (κ3) is 5.08. The van der Waals surface area contributed by atoms with Gasteiger partial charge in [0.05, 0.1) is 17.9 Å². The summed E-state index contributed by atoms with van der Waals surface area (Å²) in [6.07, 6.45) is 0. The summed E-state index contributed by atoms with van der Waals surface area (Å²) in [6.45, 7) is 1.09. The Balaban J connectivity index is 1.80. The van der Waals surface area contributed by atoms with Crippen LogP contribution in [0, 0.1) is 6.92 Å². The van der Waals surface area contributed by atoms with Crippen LogP contribution in [0.25, 0.3) is 5.69 Å². The smallest absolute Gasteiger partial charge is 0.387 e. The number of para-hydroxylation sites is 2. The second-order valence-electron chi connectivity index (χ2n) is 5.86. The van der Waals surface area contributed by atoms with E-state index in [2.05, 4.69) is 20.3 Å². The molecule has 0 fully saturated rings. The summed E-state index contributed by atoms with van der Waals surface area (Å²) in [6, 6.07) is 11.7. The first-order valence-corrected chi connectivity index (χ1v) is 9.70. The normalized spacial score (nSPS) is 10.9. The van der Waals surface area contributed by atoms with E-state index in [1.807, 2.05) is 19.1 Å². The van der Waals surface area contributed by atoms with E-state index >= 15 is 0 Å². The summed E-state index contributed by atoms with van der Waals surface area (Å²) in [5.74, 6) is 0.0153. The second-order valence-corrected chi connectivity index (χ2v) is 6.81. The fourth-order valence-electron chi connectivity index (χ4n) is 2.60. The molecule has 1 aromatic heterocycles. The fourth-order valence-corrected chi connectivity index (χ4v) is 3.37. The zero-order valence-electron chi connectivity index (χ0n) is 15.7. The number of nitrogens with zero attached hydrogens (tertiary/aromatic N) is 4. The molecule has 0 aliphatic carbocycles. The molecule has 0 saturated heterocycles. The zero-order chi connectivity index (χ0) is 20.8. The molecule has 29 heavy (non-hydrogen) atoms. The highest BCUT2D eigenvalue weighted by Crippen LogP contribution is 2.28. The number of halogens is 2. The highest BCUT2D eigenvalue weighted by atomic mass is 32.2. The predicted molar refractivity (Wildman–Crippen MR) is 103 cm³/mol. The Morgan fingerprint density at radius 3 is 2.76 bits per heavy atom. The van der Waals surface area contributed by atoms with Crippen LogP contribution in [0.1, 0.15) is 22.8 Å². The van der Waals surface area contributed by atoms with E-state index in [0.29, 0.717) is 23.2 Å². The molecule has 3 rings (SSSR count). The third-order valence-electron chi connectivity index (χ3n) is 3.82. The zero-order valence-corrected chi connectivity index (χ0v) is 16.5. The van der Waals surface area contributed by atoms with Crippen molar-refractivity contribution in [1.82, 2.24) is 20.2 Å². The summed E-state index contributed by atoms with van der Waals surface area (Å²) >= 11 is 1.09. The summed E-state index contributed by atoms with van der Waals surface area (Å²) in [7, 11) is 0. The fraction of sp³-hybridized carbons (Fsp3) is 0.263. The minimum Gasteiger partial charge on any atom is -0.492 e. The van der Waals surface area contributed by atoms with E-state index in [1.165, 1.54) is 16.8 Å². The van der Waals surface area contributed by atoms with Gasteiger partial charge in [0.2, 0.25) is 5.16 Å². The minimum absolute atomic E-state index is 0.0553. The molecule has 0 radical (unpaired) electrons. The molecule has 2 aromatic carbocycles. The molecule has 0 saturated carbocycles. The van der Waals surface area contributed by atoms with Crippen molar-refractivity contribution in [3.05, 3.63) is 53.6 Å². The van der Waals surface area contributed by atoms with Crippen molar-refractivity contribution in [1.29, 1.82) is 0 Å². The van der Waals surface area contributed by atoms with E-state index in [0.717, 1.165) is 17.3 Å². The minimum atomic E-state index is -3.01. The van der Waals surface area contributed by atoms with Crippen molar-refractivity contribution >= 4 is 17.5 Å². The molecule has 0 aliphatic rings. The molecular formula is C19H18F2N4O3S. The number of ether oxygens (including phenoxy) is 2. The monoisotopic (exact) mass is 420 g/mol. The second kappa shape index (κ2) is 9.46. The lowest BCUT2D eigenvalue weighted by atomic mass is 10.1. The number of tetrazole rings is 1. The Morgan fingerprint density at radius 2 is 2.00 bits per heavy atom. The van der Waals surface area contributed by atoms with Gasteiger partial charge in [-0.25, -0.2) is 0 Å². The lowest BCUT2D eigenvalue weighted by Crippen LogP contribution is -2.10. The molecule has 1 heterocycles. The van der Waals surface area contributed by atoms with E-state index in [9.17, 15) is 13.6 Å². The standard InChI is InChI=1S/C19H18F2N4O3S/c1-3-27-17-7-5-4-6-14(17)25-19(22-23-24-25)29-11-15(26)13-10-12(2)8-9-16(13)28-18(20)21/h4-10,18H,3,11H2,1-2H3. The Kier molecular flexibility index (Phi) is 6.76. The van der Waals surface area contributed by atoms with Crippen LogP contribution in [0.5, 0.6) is 11.5 Å². The lowest BCUT2D eigenvalue weighted by Gasteiger charge is -2.11. The third-order valence-corrected chi connectivity index (χ3v) is 4.74. The highest BCUT2D eigenvalue weighted by Gasteiger charge is 2.19. The van der Waals surface area contributed by atoms with E-state index in [-0.39, 0.29) is 22.8 Å². The van der Waals surface area contributed by atoms with Gasteiger partial charge in [-0.05, 0) is 48.5 Å². The maximum Gasteiger partial charge on any atom is 0.387 e. The largest absolute Gasteiger partial charge is 0.492 e. The van der Waals surface area contributed by atoms with Crippen LogP contribution < -0.4 is 9.47 Å². The van der Waals surface area contributed by atoms with Crippen LogP contribution in [0.15, 0.2) is 47.6 Å². The summed E-state index contributed by atoms with van der Waals surface area (Å²) < 4.78 is 36.8. The van der Waals surface area contributed by atoms with Crippen molar-refractivity contribution in [2.75, 3.05) is 12.4 Å². The van der Waals surface area contributed by atoms with Gasteiger partial charge in [0.15, 0.2) is 5.78 Å². The number of Topliss-reactive ketones (excluding diaryl/α,β-unsaturated/α-hetero) is 1. The molecule has 0 bridgehead atoms. The molecule has 0 aliphatic heterocycles. The first kappa shape index (κ1) is 20.7. The molecule has 0 unspecified atom stereocenters. The number of thioether (sulfide) groups is 1. The van der Waals surface area contributed by atoms with Crippen molar-refractivity contribution in [3.63, 3.8) is 0 Å². The molecule has 0 amide bonds.